The zero-order valence-corrected chi connectivity index (χ0v) is 13.6. The highest BCUT2D eigenvalue weighted by Crippen LogP contribution is 2.22. The van der Waals surface area contributed by atoms with E-state index < -0.39 is 0 Å². The number of hydrogen-bond acceptors (Lipinski definition) is 6. The first-order valence-electron chi connectivity index (χ1n) is 7.51. The maximum absolute atomic E-state index is 14.4. The minimum absolute atomic E-state index is 0.272. The predicted molar refractivity (Wildman–Crippen MR) is 88.6 cm³/mol. The Morgan fingerprint density at radius 3 is 2.74 bits per heavy atom. The SMILES string of the molecule is CCN1CCN(c2ccc(C(=O)Nc3nncs3)cc2F)CC1. The van der Waals surface area contributed by atoms with Crippen LogP contribution in [0.5, 0.6) is 0 Å². The van der Waals surface area contributed by atoms with E-state index in [1.54, 1.807) is 12.1 Å². The van der Waals surface area contributed by atoms with Gasteiger partial charge in [0.1, 0.15) is 11.3 Å². The largest absolute Gasteiger partial charge is 0.367 e. The van der Waals surface area contributed by atoms with E-state index in [-0.39, 0.29) is 17.3 Å². The van der Waals surface area contributed by atoms with Crippen LogP contribution in [0.15, 0.2) is 23.7 Å². The van der Waals surface area contributed by atoms with Crippen LogP contribution in [0.1, 0.15) is 17.3 Å². The van der Waals surface area contributed by atoms with Crippen LogP contribution >= 0.6 is 11.3 Å². The molecule has 1 aromatic heterocycles. The van der Waals surface area contributed by atoms with Gasteiger partial charge in [0.2, 0.25) is 5.13 Å². The number of anilines is 2. The van der Waals surface area contributed by atoms with Gasteiger partial charge in [-0.1, -0.05) is 18.3 Å². The quantitative estimate of drug-likeness (QED) is 0.927. The van der Waals surface area contributed by atoms with Crippen molar-refractivity contribution in [1.29, 1.82) is 0 Å². The number of carbonyl (C=O) groups is 1. The summed E-state index contributed by atoms with van der Waals surface area (Å²) >= 11 is 1.22. The number of piperazine rings is 1. The Morgan fingerprint density at radius 1 is 1.35 bits per heavy atom. The molecule has 0 spiro atoms. The van der Waals surface area contributed by atoms with Gasteiger partial charge in [0.05, 0.1) is 5.69 Å². The number of nitrogens with zero attached hydrogens (tertiary/aromatic N) is 4. The summed E-state index contributed by atoms with van der Waals surface area (Å²) in [4.78, 5) is 16.4. The molecule has 6 nitrogen and oxygen atoms in total. The van der Waals surface area contributed by atoms with E-state index in [1.807, 2.05) is 4.90 Å². The van der Waals surface area contributed by atoms with E-state index in [9.17, 15) is 9.18 Å². The molecule has 0 atom stereocenters. The number of benzene rings is 1. The minimum Gasteiger partial charge on any atom is -0.367 e. The van der Waals surface area contributed by atoms with Gasteiger partial charge in [-0.2, -0.15) is 0 Å². The Balaban J connectivity index is 1.69. The van der Waals surface area contributed by atoms with Crippen molar-refractivity contribution >= 4 is 28.1 Å². The molecule has 1 fully saturated rings. The predicted octanol–water partition coefficient (Wildman–Crippen LogP) is 2.07. The van der Waals surface area contributed by atoms with E-state index in [4.69, 9.17) is 0 Å². The Kier molecular flexibility index (Phi) is 4.82. The van der Waals surface area contributed by atoms with Gasteiger partial charge in [0.15, 0.2) is 0 Å². The van der Waals surface area contributed by atoms with Crippen molar-refractivity contribution in [2.75, 3.05) is 42.9 Å². The highest BCUT2D eigenvalue weighted by molar-refractivity contribution is 7.13. The molecule has 2 heterocycles. The Hall–Kier alpha value is -2.06. The average Bonchev–Trinajstić information content (AvgIpc) is 3.08. The average molecular weight is 335 g/mol. The molecule has 0 unspecified atom stereocenters. The van der Waals surface area contributed by atoms with Crippen LogP contribution < -0.4 is 10.2 Å². The standard InChI is InChI=1S/C15H18FN5OS/c1-2-20-5-7-21(8-6-20)13-4-3-11(9-12(13)16)14(22)18-15-19-17-10-23-15/h3-4,9-10H,2,5-8H2,1H3,(H,18,19,22). The van der Waals surface area contributed by atoms with Crippen LogP contribution in [-0.4, -0.2) is 53.7 Å². The number of nitrogens with one attached hydrogen (secondary N) is 1. The first kappa shape index (κ1) is 15.8. The fourth-order valence-corrected chi connectivity index (χ4v) is 3.05. The Morgan fingerprint density at radius 2 is 2.13 bits per heavy atom. The van der Waals surface area contributed by atoms with Crippen LogP contribution in [0.2, 0.25) is 0 Å². The van der Waals surface area contributed by atoms with Crippen molar-refractivity contribution in [2.45, 2.75) is 6.92 Å². The molecular formula is C15H18FN5OS. The number of halogens is 1. The van der Waals surface area contributed by atoms with Crippen molar-refractivity contribution in [3.8, 4) is 0 Å². The lowest BCUT2D eigenvalue weighted by atomic mass is 10.1. The summed E-state index contributed by atoms with van der Waals surface area (Å²) in [6.07, 6.45) is 0. The van der Waals surface area contributed by atoms with E-state index in [2.05, 4.69) is 27.3 Å². The molecule has 3 rings (SSSR count). The third-order valence-corrected chi connectivity index (χ3v) is 4.56. The molecule has 0 saturated carbocycles. The summed E-state index contributed by atoms with van der Waals surface area (Å²) in [6.45, 7) is 6.58. The smallest absolute Gasteiger partial charge is 0.257 e. The molecule has 23 heavy (non-hydrogen) atoms. The third-order valence-electron chi connectivity index (χ3n) is 3.95. The molecule has 1 aliphatic heterocycles. The van der Waals surface area contributed by atoms with E-state index >= 15 is 0 Å². The van der Waals surface area contributed by atoms with Crippen LogP contribution in [0.4, 0.5) is 15.2 Å². The molecule has 122 valence electrons. The summed E-state index contributed by atoms with van der Waals surface area (Å²) in [5.41, 5.74) is 2.34. The molecule has 2 aromatic rings. The maximum atomic E-state index is 14.4. The van der Waals surface area contributed by atoms with Gasteiger partial charge in [0.25, 0.3) is 5.91 Å². The molecule has 1 saturated heterocycles. The second-order valence-corrected chi connectivity index (χ2v) is 6.12. The number of likely N-dealkylation sites (N-methyl/N-ethyl adjacent to an activating group) is 1. The number of aromatic nitrogens is 2. The van der Waals surface area contributed by atoms with Gasteiger partial charge in [-0.15, -0.1) is 10.2 Å². The Labute approximate surface area is 137 Å². The molecule has 0 aliphatic carbocycles. The van der Waals surface area contributed by atoms with Gasteiger partial charge in [-0.3, -0.25) is 10.1 Å². The zero-order chi connectivity index (χ0) is 16.2. The Bertz CT molecular complexity index is 671. The van der Waals surface area contributed by atoms with Crippen molar-refractivity contribution in [2.24, 2.45) is 0 Å². The number of hydrogen-bond donors (Lipinski definition) is 1. The topological polar surface area (TPSA) is 61.4 Å². The van der Waals surface area contributed by atoms with Crippen molar-refractivity contribution in [3.63, 3.8) is 0 Å². The molecule has 1 aliphatic rings. The summed E-state index contributed by atoms with van der Waals surface area (Å²) in [7, 11) is 0. The highest BCUT2D eigenvalue weighted by Gasteiger charge is 2.19. The first-order chi connectivity index (χ1) is 11.2. The van der Waals surface area contributed by atoms with Crippen LogP contribution in [0, 0.1) is 5.82 Å². The summed E-state index contributed by atoms with van der Waals surface area (Å²) in [5, 5.41) is 10.4. The van der Waals surface area contributed by atoms with Gasteiger partial charge in [0, 0.05) is 31.7 Å². The van der Waals surface area contributed by atoms with Crippen LogP contribution in [-0.2, 0) is 0 Å². The van der Waals surface area contributed by atoms with E-state index in [1.165, 1.54) is 22.9 Å². The summed E-state index contributed by atoms with van der Waals surface area (Å²) < 4.78 is 14.4. The minimum atomic E-state index is -0.386. The van der Waals surface area contributed by atoms with Crippen LogP contribution in [0.3, 0.4) is 0 Å². The van der Waals surface area contributed by atoms with Crippen molar-refractivity contribution < 1.29 is 9.18 Å². The third kappa shape index (κ3) is 3.65. The van der Waals surface area contributed by atoms with Crippen LogP contribution in [0.25, 0.3) is 0 Å². The second kappa shape index (κ2) is 7.01. The van der Waals surface area contributed by atoms with E-state index in [0.29, 0.717) is 10.8 Å². The lowest BCUT2D eigenvalue weighted by Gasteiger charge is -2.35. The molecule has 1 N–H and O–H groups in total. The zero-order valence-electron chi connectivity index (χ0n) is 12.8. The number of amides is 1. The molecule has 1 amide bonds. The summed E-state index contributed by atoms with van der Waals surface area (Å²) in [6, 6.07) is 4.59. The molecule has 0 radical (unpaired) electrons. The van der Waals surface area contributed by atoms with Gasteiger partial charge >= 0.3 is 0 Å². The molecule has 0 bridgehead atoms. The maximum Gasteiger partial charge on any atom is 0.257 e. The normalized spacial score (nSPS) is 15.7. The summed E-state index contributed by atoms with van der Waals surface area (Å²) in [5.74, 6) is -0.761. The van der Waals surface area contributed by atoms with Gasteiger partial charge < -0.3 is 9.80 Å². The van der Waals surface area contributed by atoms with E-state index in [0.717, 1.165) is 32.7 Å². The molecule has 8 heteroatoms. The van der Waals surface area contributed by atoms with Gasteiger partial charge in [-0.25, -0.2) is 4.39 Å². The molecular weight excluding hydrogens is 317 g/mol. The number of rotatable bonds is 4. The monoisotopic (exact) mass is 335 g/mol. The first-order valence-corrected chi connectivity index (χ1v) is 8.39. The van der Waals surface area contributed by atoms with Gasteiger partial charge in [-0.05, 0) is 24.7 Å². The lowest BCUT2D eigenvalue weighted by molar-refractivity contribution is 0.102. The fourth-order valence-electron chi connectivity index (χ4n) is 2.61. The van der Waals surface area contributed by atoms with Crippen molar-refractivity contribution in [3.05, 3.63) is 35.1 Å². The number of carbonyl (C=O) groups excluding carboxylic acids is 1. The van der Waals surface area contributed by atoms with Crippen molar-refractivity contribution in [1.82, 2.24) is 15.1 Å². The second-order valence-electron chi connectivity index (χ2n) is 5.29. The lowest BCUT2D eigenvalue weighted by Crippen LogP contribution is -2.46. The molecule has 1 aromatic carbocycles. The highest BCUT2D eigenvalue weighted by atomic mass is 32.1. The fraction of sp³-hybridized carbons (Fsp3) is 0.400.